The molecule has 0 aliphatic carbocycles. The first-order valence-corrected chi connectivity index (χ1v) is 8.93. The van der Waals surface area contributed by atoms with Crippen molar-refractivity contribution in [1.82, 2.24) is 15.2 Å². The quantitative estimate of drug-likeness (QED) is 0.463. The second-order valence-electron chi connectivity index (χ2n) is 5.60. The van der Waals surface area contributed by atoms with Crippen LogP contribution in [-0.2, 0) is 19.1 Å². The summed E-state index contributed by atoms with van der Waals surface area (Å²) < 4.78 is 51.0. The molecule has 0 spiro atoms. The average molecular weight is 388 g/mol. The summed E-state index contributed by atoms with van der Waals surface area (Å²) in [6, 6.07) is 6.29. The third kappa shape index (κ3) is 5.98. The fourth-order valence-corrected chi connectivity index (χ4v) is 3.06. The molecule has 1 heterocycles. The number of halogens is 4. The lowest BCUT2D eigenvalue weighted by Gasteiger charge is -2.22. The Labute approximate surface area is 153 Å². The summed E-state index contributed by atoms with van der Waals surface area (Å²) in [5, 5.41) is 4.53. The number of hydrogen-bond acceptors (Lipinski definition) is 3. The average Bonchev–Trinajstić information content (AvgIpc) is 3.03. The van der Waals surface area contributed by atoms with Crippen LogP contribution < -0.4 is 5.32 Å². The lowest BCUT2D eigenvalue weighted by molar-refractivity contribution is -0.140. The second kappa shape index (κ2) is 8.98. The zero-order valence-electron chi connectivity index (χ0n) is 14.5. The van der Waals surface area contributed by atoms with E-state index in [0.29, 0.717) is 37.0 Å². The smallest absolute Gasteiger partial charge is 0.357 e. The van der Waals surface area contributed by atoms with Crippen molar-refractivity contribution in [3.63, 3.8) is 0 Å². The van der Waals surface area contributed by atoms with E-state index in [9.17, 15) is 17.6 Å². The summed E-state index contributed by atoms with van der Waals surface area (Å²) in [5.74, 6) is 0.298. The normalized spacial score (nSPS) is 12.3. The molecule has 0 radical (unpaired) electrons. The van der Waals surface area contributed by atoms with Crippen LogP contribution in [-0.4, -0.2) is 36.0 Å². The van der Waals surface area contributed by atoms with Crippen LogP contribution in [0.5, 0.6) is 0 Å². The summed E-state index contributed by atoms with van der Waals surface area (Å²) in [6.45, 7) is 3.32. The predicted molar refractivity (Wildman–Crippen MR) is 94.7 cm³/mol. The van der Waals surface area contributed by atoms with Crippen LogP contribution in [0.2, 0.25) is 0 Å². The molecule has 26 heavy (non-hydrogen) atoms. The molecule has 9 heteroatoms. The molecule has 4 nitrogen and oxygen atoms in total. The number of aliphatic imine (C=N–C) groups is 1. The van der Waals surface area contributed by atoms with Gasteiger partial charge in [-0.1, -0.05) is 12.1 Å². The molecular formula is C17H20F4N4S. The summed E-state index contributed by atoms with van der Waals surface area (Å²) in [6.07, 6.45) is -4.10. The maximum absolute atomic E-state index is 13.3. The number of alkyl halides is 3. The third-order valence-electron chi connectivity index (χ3n) is 3.43. The number of rotatable bonds is 6. The van der Waals surface area contributed by atoms with Crippen molar-refractivity contribution in [1.29, 1.82) is 0 Å². The van der Waals surface area contributed by atoms with Gasteiger partial charge >= 0.3 is 6.18 Å². The molecule has 0 fully saturated rings. The number of hydrogen-bond donors (Lipinski definition) is 1. The van der Waals surface area contributed by atoms with E-state index in [4.69, 9.17) is 0 Å². The van der Waals surface area contributed by atoms with E-state index >= 15 is 0 Å². The molecule has 2 aromatic rings. The highest BCUT2D eigenvalue weighted by molar-refractivity contribution is 7.09. The Balaban J connectivity index is 1.98. The lowest BCUT2D eigenvalue weighted by Crippen LogP contribution is -2.38. The fraction of sp³-hybridized carbons (Fsp3) is 0.412. The van der Waals surface area contributed by atoms with E-state index in [1.807, 2.05) is 24.9 Å². The van der Waals surface area contributed by atoms with Gasteiger partial charge in [-0.25, -0.2) is 9.37 Å². The minimum atomic E-state index is -4.42. The molecule has 0 saturated carbocycles. The Bertz CT molecular complexity index is 742. The molecule has 1 N–H and O–H groups in total. The van der Waals surface area contributed by atoms with E-state index in [0.717, 1.165) is 22.3 Å². The summed E-state index contributed by atoms with van der Waals surface area (Å²) in [5.41, 5.74) is -0.0653. The number of benzene rings is 1. The highest BCUT2D eigenvalue weighted by Crippen LogP contribution is 2.30. The van der Waals surface area contributed by atoms with Crippen molar-refractivity contribution in [2.45, 2.75) is 26.1 Å². The Kier molecular flexibility index (Phi) is 6.96. The Morgan fingerprint density at radius 3 is 2.73 bits per heavy atom. The van der Waals surface area contributed by atoms with Gasteiger partial charge in [0.15, 0.2) is 11.7 Å². The maximum atomic E-state index is 13.3. The van der Waals surface area contributed by atoms with Crippen molar-refractivity contribution < 1.29 is 17.6 Å². The van der Waals surface area contributed by atoms with Gasteiger partial charge in [0.25, 0.3) is 0 Å². The van der Waals surface area contributed by atoms with Crippen LogP contribution in [0.15, 0.2) is 34.6 Å². The minimum absolute atomic E-state index is 0.304. The molecular weight excluding hydrogens is 368 g/mol. The van der Waals surface area contributed by atoms with Crippen molar-refractivity contribution in [2.24, 2.45) is 4.99 Å². The van der Waals surface area contributed by atoms with Crippen LogP contribution >= 0.6 is 11.3 Å². The highest BCUT2D eigenvalue weighted by Gasteiger charge is 2.33. The summed E-state index contributed by atoms with van der Waals surface area (Å²) in [4.78, 5) is 9.85. The molecule has 1 aromatic heterocycles. The van der Waals surface area contributed by atoms with Crippen molar-refractivity contribution in [3.8, 4) is 0 Å². The molecule has 0 bridgehead atoms. The van der Waals surface area contributed by atoms with Crippen LogP contribution in [0.25, 0.3) is 0 Å². The topological polar surface area (TPSA) is 40.5 Å². The standard InChI is InChI=1S/C17H20F4N4S/c1-3-22-16(25(2)10-12-5-4-6-13(18)9-12)23-8-7-15-24-14(11-26-15)17(19,20)21/h4-6,9,11H,3,7-8,10H2,1-2H3,(H,22,23). The van der Waals surface area contributed by atoms with Crippen molar-refractivity contribution in [2.75, 3.05) is 20.1 Å². The van der Waals surface area contributed by atoms with Gasteiger partial charge in [0, 0.05) is 38.5 Å². The largest absolute Gasteiger partial charge is 0.434 e. The predicted octanol–water partition coefficient (Wildman–Crippen LogP) is 3.94. The number of nitrogens with zero attached hydrogens (tertiary/aromatic N) is 3. The van der Waals surface area contributed by atoms with Gasteiger partial charge in [-0.15, -0.1) is 11.3 Å². The van der Waals surface area contributed by atoms with Gasteiger partial charge in [-0.05, 0) is 24.6 Å². The zero-order chi connectivity index (χ0) is 19.2. The number of aromatic nitrogens is 1. The number of thiazole rings is 1. The molecule has 0 saturated heterocycles. The zero-order valence-corrected chi connectivity index (χ0v) is 15.3. The van der Waals surface area contributed by atoms with E-state index in [1.165, 1.54) is 12.1 Å². The molecule has 0 aliphatic heterocycles. The first-order chi connectivity index (χ1) is 12.3. The van der Waals surface area contributed by atoms with Crippen LogP contribution in [0.1, 0.15) is 23.2 Å². The molecule has 1 aromatic carbocycles. The summed E-state index contributed by atoms with van der Waals surface area (Å²) >= 11 is 0.978. The van der Waals surface area contributed by atoms with Gasteiger partial charge < -0.3 is 10.2 Å². The first kappa shape index (κ1) is 20.2. The number of nitrogens with one attached hydrogen (secondary N) is 1. The number of guanidine groups is 1. The highest BCUT2D eigenvalue weighted by atomic mass is 32.1. The van der Waals surface area contributed by atoms with Crippen LogP contribution in [0.4, 0.5) is 17.6 Å². The molecule has 0 atom stereocenters. The Morgan fingerprint density at radius 2 is 2.12 bits per heavy atom. The molecule has 0 amide bonds. The van der Waals surface area contributed by atoms with Crippen LogP contribution in [0.3, 0.4) is 0 Å². The second-order valence-corrected chi connectivity index (χ2v) is 6.54. The van der Waals surface area contributed by atoms with E-state index < -0.39 is 11.9 Å². The van der Waals surface area contributed by atoms with Crippen molar-refractivity contribution in [3.05, 3.63) is 51.7 Å². The Morgan fingerprint density at radius 1 is 1.35 bits per heavy atom. The van der Waals surface area contributed by atoms with Crippen LogP contribution in [0, 0.1) is 5.82 Å². The molecule has 2 rings (SSSR count). The van der Waals surface area contributed by atoms with E-state index in [2.05, 4.69) is 15.3 Å². The molecule has 0 aliphatic rings. The fourth-order valence-electron chi connectivity index (χ4n) is 2.27. The minimum Gasteiger partial charge on any atom is -0.357 e. The lowest BCUT2D eigenvalue weighted by atomic mass is 10.2. The maximum Gasteiger partial charge on any atom is 0.434 e. The van der Waals surface area contributed by atoms with Gasteiger partial charge in [0.1, 0.15) is 5.82 Å². The van der Waals surface area contributed by atoms with E-state index in [-0.39, 0.29) is 5.82 Å². The third-order valence-corrected chi connectivity index (χ3v) is 4.34. The van der Waals surface area contributed by atoms with Gasteiger partial charge in [-0.3, -0.25) is 4.99 Å². The first-order valence-electron chi connectivity index (χ1n) is 8.05. The molecule has 0 unspecified atom stereocenters. The monoisotopic (exact) mass is 388 g/mol. The van der Waals surface area contributed by atoms with E-state index in [1.54, 1.807) is 6.07 Å². The van der Waals surface area contributed by atoms with Gasteiger partial charge in [0.05, 0.1) is 5.01 Å². The SMILES string of the molecule is CCNC(=NCCc1nc(C(F)(F)F)cs1)N(C)Cc1cccc(F)c1. The summed E-state index contributed by atoms with van der Waals surface area (Å²) in [7, 11) is 1.82. The Hall–Kier alpha value is -2.16. The molecule has 142 valence electrons. The van der Waals surface area contributed by atoms with Gasteiger partial charge in [0.2, 0.25) is 0 Å². The van der Waals surface area contributed by atoms with Crippen molar-refractivity contribution >= 4 is 17.3 Å². The van der Waals surface area contributed by atoms with Gasteiger partial charge in [-0.2, -0.15) is 13.2 Å².